The molecule has 1 aromatic rings. The van der Waals surface area contributed by atoms with Gasteiger partial charge in [0.15, 0.2) is 0 Å². The second-order valence-corrected chi connectivity index (χ2v) is 7.66. The van der Waals surface area contributed by atoms with E-state index < -0.39 is 21.8 Å². The van der Waals surface area contributed by atoms with Crippen LogP contribution in [-0.4, -0.2) is 69.1 Å². The van der Waals surface area contributed by atoms with E-state index in [9.17, 15) is 13.2 Å². The Kier molecular flexibility index (Phi) is 5.97. The summed E-state index contributed by atoms with van der Waals surface area (Å²) in [4.78, 5) is 13.6. The number of benzene rings is 1. The molecule has 0 aromatic heterocycles. The molecule has 1 aliphatic heterocycles. The number of rotatable bonds is 6. The molecule has 8 heteroatoms. The third-order valence-corrected chi connectivity index (χ3v) is 5.13. The highest BCUT2D eigenvalue weighted by molar-refractivity contribution is 7.88. The molecule has 1 aromatic carbocycles. The number of primary amides is 1. The molecular weight excluding hydrogens is 318 g/mol. The van der Waals surface area contributed by atoms with E-state index in [0.29, 0.717) is 32.8 Å². The molecule has 0 spiro atoms. The number of para-hydroxylation sites is 1. The number of sulfonamides is 1. The smallest absolute Gasteiger partial charge is 0.223 e. The number of nitrogens with two attached hydrogens (primary N) is 1. The Balaban J connectivity index is 1.92. The van der Waals surface area contributed by atoms with Gasteiger partial charge < -0.3 is 10.5 Å². The van der Waals surface area contributed by atoms with Gasteiger partial charge in [-0.3, -0.25) is 9.69 Å². The molecule has 23 heavy (non-hydrogen) atoms. The molecule has 1 aliphatic rings. The van der Waals surface area contributed by atoms with Gasteiger partial charge in [-0.05, 0) is 12.1 Å². The van der Waals surface area contributed by atoms with E-state index in [1.54, 1.807) is 0 Å². The number of carbonyl (C=O) groups is 1. The fourth-order valence-electron chi connectivity index (χ4n) is 2.54. The summed E-state index contributed by atoms with van der Waals surface area (Å²) in [6.45, 7) is 2.57. The van der Waals surface area contributed by atoms with Crippen molar-refractivity contribution in [1.29, 1.82) is 0 Å². The highest BCUT2D eigenvalue weighted by Crippen LogP contribution is 2.13. The third kappa shape index (κ3) is 5.49. The molecule has 1 atom stereocenters. The normalized spacial score (nSPS) is 20.8. The van der Waals surface area contributed by atoms with Crippen molar-refractivity contribution in [2.24, 2.45) is 11.7 Å². The number of ether oxygens (including phenoxy) is 1. The molecule has 1 heterocycles. The quantitative estimate of drug-likeness (QED) is 0.770. The van der Waals surface area contributed by atoms with Gasteiger partial charge in [-0.25, -0.2) is 12.7 Å². The van der Waals surface area contributed by atoms with Crippen LogP contribution in [0, 0.1) is 5.92 Å². The van der Waals surface area contributed by atoms with Gasteiger partial charge in [0.25, 0.3) is 0 Å². The molecule has 128 valence electrons. The van der Waals surface area contributed by atoms with Crippen molar-refractivity contribution in [3.63, 3.8) is 0 Å². The van der Waals surface area contributed by atoms with Crippen molar-refractivity contribution in [3.8, 4) is 5.75 Å². The van der Waals surface area contributed by atoms with Crippen LogP contribution in [0.4, 0.5) is 0 Å². The van der Waals surface area contributed by atoms with Gasteiger partial charge >= 0.3 is 0 Å². The van der Waals surface area contributed by atoms with Gasteiger partial charge in [-0.2, -0.15) is 0 Å². The fourth-order valence-corrected chi connectivity index (χ4v) is 3.41. The second kappa shape index (κ2) is 7.76. The number of carbonyl (C=O) groups excluding carboxylic acids is 1. The minimum atomic E-state index is -3.33. The third-order valence-electron chi connectivity index (χ3n) is 3.86. The Morgan fingerprint density at radius 1 is 1.26 bits per heavy atom. The number of amides is 1. The van der Waals surface area contributed by atoms with Crippen LogP contribution < -0.4 is 10.5 Å². The van der Waals surface area contributed by atoms with Crippen LogP contribution in [0.3, 0.4) is 0 Å². The lowest BCUT2D eigenvalue weighted by Crippen LogP contribution is -2.40. The van der Waals surface area contributed by atoms with Gasteiger partial charge in [0.2, 0.25) is 15.9 Å². The molecule has 1 saturated heterocycles. The van der Waals surface area contributed by atoms with Crippen LogP contribution in [0.25, 0.3) is 0 Å². The van der Waals surface area contributed by atoms with E-state index in [0.717, 1.165) is 12.0 Å². The van der Waals surface area contributed by atoms with Gasteiger partial charge in [-0.1, -0.05) is 18.2 Å². The van der Waals surface area contributed by atoms with Crippen LogP contribution in [0.2, 0.25) is 0 Å². The minimum Gasteiger partial charge on any atom is -0.492 e. The monoisotopic (exact) mass is 341 g/mol. The molecule has 0 aliphatic carbocycles. The summed E-state index contributed by atoms with van der Waals surface area (Å²) >= 11 is 0. The SMILES string of the molecule is CS(=O)(=O)N1CCN(CCOc2ccccc2)CC(C(N)=O)C1. The Hall–Kier alpha value is -1.64. The van der Waals surface area contributed by atoms with Crippen molar-refractivity contribution < 1.29 is 17.9 Å². The van der Waals surface area contributed by atoms with E-state index >= 15 is 0 Å². The van der Waals surface area contributed by atoms with E-state index in [1.165, 1.54) is 4.31 Å². The zero-order valence-corrected chi connectivity index (χ0v) is 14.0. The molecule has 2 rings (SSSR count). The van der Waals surface area contributed by atoms with Crippen LogP contribution >= 0.6 is 0 Å². The van der Waals surface area contributed by atoms with Crippen molar-refractivity contribution in [2.45, 2.75) is 0 Å². The zero-order chi connectivity index (χ0) is 16.9. The van der Waals surface area contributed by atoms with Gasteiger partial charge in [0.05, 0.1) is 12.2 Å². The maximum Gasteiger partial charge on any atom is 0.223 e. The summed E-state index contributed by atoms with van der Waals surface area (Å²) in [6.07, 6.45) is 1.15. The predicted octanol–water partition coefficient (Wildman–Crippen LogP) is -0.256. The van der Waals surface area contributed by atoms with Gasteiger partial charge in [-0.15, -0.1) is 0 Å². The average Bonchev–Trinajstić information content (AvgIpc) is 2.71. The Morgan fingerprint density at radius 3 is 2.57 bits per heavy atom. The summed E-state index contributed by atoms with van der Waals surface area (Å²) in [5.41, 5.74) is 5.41. The van der Waals surface area contributed by atoms with E-state index in [1.807, 2.05) is 35.2 Å². The van der Waals surface area contributed by atoms with Gasteiger partial charge in [0.1, 0.15) is 12.4 Å². The summed E-state index contributed by atoms with van der Waals surface area (Å²) in [6, 6.07) is 9.46. The highest BCUT2D eigenvalue weighted by atomic mass is 32.2. The molecule has 2 N–H and O–H groups in total. The largest absolute Gasteiger partial charge is 0.492 e. The predicted molar refractivity (Wildman–Crippen MR) is 87.5 cm³/mol. The van der Waals surface area contributed by atoms with E-state index in [-0.39, 0.29) is 6.54 Å². The first-order valence-corrected chi connectivity index (χ1v) is 9.36. The molecule has 0 bridgehead atoms. The standard InChI is InChI=1S/C15H23N3O4S/c1-23(20,21)18-8-7-17(11-13(12-18)15(16)19)9-10-22-14-5-3-2-4-6-14/h2-6,13H,7-12H2,1H3,(H2,16,19). The lowest BCUT2D eigenvalue weighted by atomic mass is 10.1. The molecule has 0 radical (unpaired) electrons. The molecule has 7 nitrogen and oxygen atoms in total. The topological polar surface area (TPSA) is 92.9 Å². The number of hydrogen-bond acceptors (Lipinski definition) is 5. The molecule has 1 fully saturated rings. The first kappa shape index (κ1) is 17.7. The van der Waals surface area contributed by atoms with Crippen molar-refractivity contribution in [2.75, 3.05) is 45.6 Å². The number of hydrogen-bond donors (Lipinski definition) is 1. The lowest BCUT2D eigenvalue weighted by Gasteiger charge is -2.22. The van der Waals surface area contributed by atoms with Crippen LogP contribution in [0.15, 0.2) is 30.3 Å². The lowest BCUT2D eigenvalue weighted by molar-refractivity contribution is -0.122. The zero-order valence-electron chi connectivity index (χ0n) is 13.2. The molecular formula is C15H23N3O4S. The second-order valence-electron chi connectivity index (χ2n) is 5.68. The average molecular weight is 341 g/mol. The Morgan fingerprint density at radius 2 is 1.96 bits per heavy atom. The fraction of sp³-hybridized carbons (Fsp3) is 0.533. The van der Waals surface area contributed by atoms with Crippen LogP contribution in [0.5, 0.6) is 5.75 Å². The highest BCUT2D eigenvalue weighted by Gasteiger charge is 2.30. The Bertz CT molecular complexity index is 621. The molecule has 1 amide bonds. The minimum absolute atomic E-state index is 0.143. The first-order chi connectivity index (χ1) is 10.9. The molecule has 1 unspecified atom stereocenters. The Labute approximate surface area is 137 Å². The summed E-state index contributed by atoms with van der Waals surface area (Å²) in [7, 11) is -3.33. The van der Waals surface area contributed by atoms with Crippen molar-refractivity contribution in [1.82, 2.24) is 9.21 Å². The first-order valence-electron chi connectivity index (χ1n) is 7.51. The van der Waals surface area contributed by atoms with Gasteiger partial charge in [0, 0.05) is 32.7 Å². The van der Waals surface area contributed by atoms with Crippen molar-refractivity contribution in [3.05, 3.63) is 30.3 Å². The van der Waals surface area contributed by atoms with Crippen molar-refractivity contribution >= 4 is 15.9 Å². The number of nitrogens with zero attached hydrogens (tertiary/aromatic N) is 2. The van der Waals surface area contributed by atoms with E-state index in [2.05, 4.69) is 0 Å². The summed E-state index contributed by atoms with van der Waals surface area (Å²) < 4.78 is 30.5. The van der Waals surface area contributed by atoms with Crippen LogP contribution in [-0.2, 0) is 14.8 Å². The molecule has 0 saturated carbocycles. The van der Waals surface area contributed by atoms with Crippen LogP contribution in [0.1, 0.15) is 0 Å². The summed E-state index contributed by atoms with van der Waals surface area (Å²) in [5.74, 6) is -0.204. The maximum absolute atomic E-state index is 11.7. The van der Waals surface area contributed by atoms with E-state index in [4.69, 9.17) is 10.5 Å². The maximum atomic E-state index is 11.7. The summed E-state index contributed by atoms with van der Waals surface area (Å²) in [5, 5.41) is 0.